The van der Waals surface area contributed by atoms with Crippen LogP contribution in [0, 0.1) is 6.92 Å². The van der Waals surface area contributed by atoms with Crippen LogP contribution < -0.4 is 10.9 Å². The smallest absolute Gasteiger partial charge is 0.335 e. The number of aliphatic carboxylic acids is 1. The van der Waals surface area contributed by atoms with Crippen molar-refractivity contribution in [3.63, 3.8) is 0 Å². The zero-order chi connectivity index (χ0) is 24.6. The van der Waals surface area contributed by atoms with Gasteiger partial charge in [0.2, 0.25) is 0 Å². The van der Waals surface area contributed by atoms with E-state index in [0.29, 0.717) is 21.7 Å². The lowest BCUT2D eigenvalue weighted by molar-refractivity contribution is -0.139. The number of carboxylic acid groups (broad SMARTS) is 2. The number of aromatic carboxylic acids is 1. The molecule has 10 nitrogen and oxygen atoms in total. The van der Waals surface area contributed by atoms with Gasteiger partial charge in [0.15, 0.2) is 6.04 Å². The maximum absolute atomic E-state index is 12.8. The molecule has 2 unspecified atom stereocenters. The van der Waals surface area contributed by atoms with Crippen molar-refractivity contribution >= 4 is 40.2 Å². The minimum Gasteiger partial charge on any atom is -0.479 e. The molecule has 11 heteroatoms. The Hall–Kier alpha value is -4.25. The standard InChI is InChI=1S/C23H20N4O6S/c1-10(14-9-24-19-17(14)21(29)26-11(2)25-19)15-7-8-16(34-15)20(28)27-18(23(32)33)12-3-5-13(6-4-12)22(30)31/h3-10,18H,1-2H3,(H,27,28)(H,30,31)(H,32,33)(H2,24,25,26,29). The van der Waals surface area contributed by atoms with Gasteiger partial charge in [-0.2, -0.15) is 0 Å². The molecule has 4 rings (SSSR count). The summed E-state index contributed by atoms with van der Waals surface area (Å²) in [4.78, 5) is 59.1. The van der Waals surface area contributed by atoms with Crippen LogP contribution >= 0.6 is 11.3 Å². The molecule has 0 saturated heterocycles. The van der Waals surface area contributed by atoms with Crippen molar-refractivity contribution in [1.82, 2.24) is 20.3 Å². The number of hydrogen-bond acceptors (Lipinski definition) is 6. The number of nitrogens with one attached hydrogen (secondary N) is 3. The molecule has 1 aromatic carbocycles. The molecule has 1 amide bonds. The van der Waals surface area contributed by atoms with Crippen LogP contribution in [0.25, 0.3) is 11.0 Å². The highest BCUT2D eigenvalue weighted by molar-refractivity contribution is 7.14. The molecule has 0 fully saturated rings. The van der Waals surface area contributed by atoms with Crippen LogP contribution in [0.1, 0.15) is 60.7 Å². The zero-order valence-corrected chi connectivity index (χ0v) is 18.9. The fraction of sp³-hybridized carbons (Fsp3) is 0.174. The Bertz CT molecular complexity index is 1470. The van der Waals surface area contributed by atoms with Crippen molar-refractivity contribution in [2.24, 2.45) is 0 Å². The number of amides is 1. The molecule has 0 radical (unpaired) electrons. The Labute approximate surface area is 196 Å². The van der Waals surface area contributed by atoms with Crippen molar-refractivity contribution in [3.8, 4) is 0 Å². The Morgan fingerprint density at radius 1 is 1.09 bits per heavy atom. The Balaban J connectivity index is 1.56. The highest BCUT2D eigenvalue weighted by Gasteiger charge is 2.25. The molecule has 3 aromatic heterocycles. The van der Waals surface area contributed by atoms with Crippen molar-refractivity contribution < 1.29 is 24.6 Å². The molecule has 0 saturated carbocycles. The van der Waals surface area contributed by atoms with Crippen molar-refractivity contribution in [1.29, 1.82) is 0 Å². The Kier molecular flexibility index (Phi) is 6.03. The Morgan fingerprint density at radius 3 is 2.44 bits per heavy atom. The fourth-order valence-electron chi connectivity index (χ4n) is 3.69. The predicted octanol–water partition coefficient (Wildman–Crippen LogP) is 3.03. The molecule has 34 heavy (non-hydrogen) atoms. The van der Waals surface area contributed by atoms with E-state index < -0.39 is 23.9 Å². The van der Waals surface area contributed by atoms with Gasteiger partial charge < -0.3 is 25.5 Å². The first-order chi connectivity index (χ1) is 16.2. The number of carboxylic acids is 2. The van der Waals surface area contributed by atoms with Gasteiger partial charge in [-0.15, -0.1) is 11.3 Å². The highest BCUT2D eigenvalue weighted by atomic mass is 32.1. The summed E-state index contributed by atoms with van der Waals surface area (Å²) in [6, 6.07) is 7.28. The van der Waals surface area contributed by atoms with Gasteiger partial charge in [0.05, 0.1) is 15.8 Å². The molecule has 174 valence electrons. The van der Waals surface area contributed by atoms with Gasteiger partial charge >= 0.3 is 11.9 Å². The number of aromatic nitrogens is 3. The maximum Gasteiger partial charge on any atom is 0.335 e. The van der Waals surface area contributed by atoms with E-state index in [0.717, 1.165) is 10.4 Å². The number of carbonyl (C=O) groups is 3. The summed E-state index contributed by atoms with van der Waals surface area (Å²) in [6.07, 6.45) is 1.72. The summed E-state index contributed by atoms with van der Waals surface area (Å²) in [5, 5.41) is 21.5. The molecule has 0 spiro atoms. The Morgan fingerprint density at radius 2 is 1.79 bits per heavy atom. The number of nitrogens with zero attached hydrogens (tertiary/aromatic N) is 1. The number of thiophene rings is 1. The molecule has 5 N–H and O–H groups in total. The number of benzene rings is 1. The summed E-state index contributed by atoms with van der Waals surface area (Å²) in [6.45, 7) is 3.60. The number of hydrogen-bond donors (Lipinski definition) is 5. The lowest BCUT2D eigenvalue weighted by Crippen LogP contribution is -2.33. The van der Waals surface area contributed by atoms with Crippen LogP contribution in [0.5, 0.6) is 0 Å². The molecule has 0 aliphatic carbocycles. The number of carbonyl (C=O) groups excluding carboxylic acids is 1. The molecular weight excluding hydrogens is 460 g/mol. The first-order valence-corrected chi connectivity index (χ1v) is 11.0. The van der Waals surface area contributed by atoms with Crippen LogP contribution in [0.4, 0.5) is 0 Å². The van der Waals surface area contributed by atoms with E-state index in [1.165, 1.54) is 35.6 Å². The molecule has 4 aromatic rings. The minimum atomic E-state index is -1.35. The lowest BCUT2D eigenvalue weighted by Gasteiger charge is -2.14. The van der Waals surface area contributed by atoms with Gasteiger partial charge in [0, 0.05) is 17.0 Å². The van der Waals surface area contributed by atoms with Crippen molar-refractivity contribution in [3.05, 3.63) is 85.2 Å². The third kappa shape index (κ3) is 4.33. The van der Waals surface area contributed by atoms with E-state index in [1.807, 2.05) is 6.92 Å². The lowest BCUT2D eigenvalue weighted by atomic mass is 10.0. The SMILES string of the molecule is Cc1nc2[nH]cc(C(C)c3ccc(C(=O)NC(C(=O)O)c4ccc(C(=O)O)cc4)s3)c2c(=O)[nH]1. The van der Waals surface area contributed by atoms with Crippen molar-refractivity contribution in [2.75, 3.05) is 0 Å². The normalized spacial score (nSPS) is 12.9. The van der Waals surface area contributed by atoms with E-state index in [-0.39, 0.29) is 22.6 Å². The van der Waals surface area contributed by atoms with E-state index in [1.54, 1.807) is 25.3 Å². The third-order valence-corrected chi connectivity index (χ3v) is 6.71. The van der Waals surface area contributed by atoms with Crippen LogP contribution in [0.2, 0.25) is 0 Å². The van der Waals surface area contributed by atoms with Crippen LogP contribution in [0.15, 0.2) is 47.4 Å². The fourth-order valence-corrected chi connectivity index (χ4v) is 4.67. The number of rotatable bonds is 7. The zero-order valence-electron chi connectivity index (χ0n) is 18.1. The quantitative estimate of drug-likeness (QED) is 0.271. The first kappa shape index (κ1) is 22.9. The second-order valence-corrected chi connectivity index (χ2v) is 8.83. The number of H-pyrrole nitrogens is 2. The van der Waals surface area contributed by atoms with Crippen LogP contribution in [0.3, 0.4) is 0 Å². The summed E-state index contributed by atoms with van der Waals surface area (Å²) in [7, 11) is 0. The molecule has 2 atom stereocenters. The number of aryl methyl sites for hydroxylation is 1. The topological polar surface area (TPSA) is 165 Å². The third-order valence-electron chi connectivity index (χ3n) is 5.45. The van der Waals surface area contributed by atoms with E-state index in [9.17, 15) is 24.3 Å². The average Bonchev–Trinajstić information content (AvgIpc) is 3.44. The number of aromatic amines is 2. The first-order valence-electron chi connectivity index (χ1n) is 10.2. The van der Waals surface area contributed by atoms with Gasteiger partial charge in [-0.25, -0.2) is 14.6 Å². The maximum atomic E-state index is 12.8. The van der Waals surface area contributed by atoms with Gasteiger partial charge in [-0.3, -0.25) is 9.59 Å². The van der Waals surface area contributed by atoms with E-state index >= 15 is 0 Å². The summed E-state index contributed by atoms with van der Waals surface area (Å²) >= 11 is 1.19. The van der Waals surface area contributed by atoms with Crippen LogP contribution in [-0.2, 0) is 4.79 Å². The van der Waals surface area contributed by atoms with Gasteiger partial charge in [-0.1, -0.05) is 19.1 Å². The van der Waals surface area contributed by atoms with E-state index in [2.05, 4.69) is 20.3 Å². The second kappa shape index (κ2) is 8.94. The monoisotopic (exact) mass is 480 g/mol. The summed E-state index contributed by atoms with van der Waals surface area (Å²) in [5.74, 6) is -2.70. The van der Waals surface area contributed by atoms with E-state index in [4.69, 9.17) is 5.11 Å². The van der Waals surface area contributed by atoms with Gasteiger partial charge in [0.25, 0.3) is 11.5 Å². The average molecular weight is 481 g/mol. The number of fused-ring (bicyclic) bond motifs is 1. The second-order valence-electron chi connectivity index (χ2n) is 7.71. The summed E-state index contributed by atoms with van der Waals surface area (Å²) < 4.78 is 0. The largest absolute Gasteiger partial charge is 0.479 e. The predicted molar refractivity (Wildman–Crippen MR) is 125 cm³/mol. The highest BCUT2D eigenvalue weighted by Crippen LogP contribution is 2.33. The molecule has 3 heterocycles. The molecule has 0 bridgehead atoms. The van der Waals surface area contributed by atoms with Gasteiger partial charge in [0.1, 0.15) is 11.5 Å². The van der Waals surface area contributed by atoms with Gasteiger partial charge in [-0.05, 0) is 42.3 Å². The molecule has 0 aliphatic rings. The molecule has 0 aliphatic heterocycles. The van der Waals surface area contributed by atoms with Crippen LogP contribution in [-0.4, -0.2) is 43.0 Å². The van der Waals surface area contributed by atoms with Crippen molar-refractivity contribution in [2.45, 2.75) is 25.8 Å². The molecular formula is C23H20N4O6S. The minimum absolute atomic E-state index is 0.0116. The summed E-state index contributed by atoms with van der Waals surface area (Å²) in [5.41, 5.74) is 1.23.